The number of carbonyl (C=O) groups excluding carboxylic acids is 2. The first kappa shape index (κ1) is 18.1. The number of hydrogen-bond acceptors (Lipinski definition) is 5. The third kappa shape index (κ3) is 4.03. The molecule has 0 saturated heterocycles. The van der Waals surface area contributed by atoms with Gasteiger partial charge in [0, 0.05) is 27.9 Å². The molecule has 0 saturated carbocycles. The van der Waals surface area contributed by atoms with Gasteiger partial charge in [0.2, 0.25) is 17.7 Å². The number of rotatable bonds is 5. The second-order valence-electron chi connectivity index (χ2n) is 6.25. The zero-order valence-corrected chi connectivity index (χ0v) is 15.2. The minimum Gasteiger partial charge on any atom is -0.416 e. The monoisotopic (exact) mass is 384 g/mol. The van der Waals surface area contributed by atoms with Crippen LogP contribution in [0.1, 0.15) is 20.7 Å². The van der Waals surface area contributed by atoms with E-state index in [1.165, 1.54) is 0 Å². The van der Waals surface area contributed by atoms with Crippen LogP contribution in [0, 0.1) is 0 Å². The Hall–Kier alpha value is -4.26. The maximum absolute atomic E-state index is 12.4. The maximum atomic E-state index is 12.4. The Bertz CT molecular complexity index is 1150. The van der Waals surface area contributed by atoms with Gasteiger partial charge in [-0.25, -0.2) is 0 Å². The van der Waals surface area contributed by atoms with E-state index < -0.39 is 5.91 Å². The Labute approximate surface area is 166 Å². The fourth-order valence-electron chi connectivity index (χ4n) is 2.72. The summed E-state index contributed by atoms with van der Waals surface area (Å²) in [5, 5.41) is 10.9. The van der Waals surface area contributed by atoms with Gasteiger partial charge in [-0.05, 0) is 60.7 Å². The number of hydrogen-bond donors (Lipinski definition) is 2. The molecule has 142 valence electrons. The van der Waals surface area contributed by atoms with E-state index in [1.807, 2.05) is 30.3 Å². The van der Waals surface area contributed by atoms with Gasteiger partial charge in [0.25, 0.3) is 5.91 Å². The normalized spacial score (nSPS) is 10.5. The van der Waals surface area contributed by atoms with Crippen molar-refractivity contribution < 1.29 is 14.0 Å². The number of carbonyl (C=O) groups is 2. The molecule has 0 aliphatic heterocycles. The van der Waals surface area contributed by atoms with Crippen LogP contribution in [-0.2, 0) is 0 Å². The van der Waals surface area contributed by atoms with Gasteiger partial charge in [0.15, 0.2) is 0 Å². The molecule has 1 aromatic heterocycles. The molecule has 3 aromatic carbocycles. The SMILES string of the molecule is NC(=O)c1ccc(NC(=O)c2ccc(-c3nnc(-c4ccccc4)o3)cc2)cc1. The van der Waals surface area contributed by atoms with Crippen LogP contribution in [0.25, 0.3) is 22.9 Å². The summed E-state index contributed by atoms with van der Waals surface area (Å²) in [6, 6.07) is 22.7. The Morgan fingerprint density at radius 1 is 0.724 bits per heavy atom. The molecule has 0 fully saturated rings. The Kier molecular flexibility index (Phi) is 4.86. The number of amides is 2. The topological polar surface area (TPSA) is 111 Å². The lowest BCUT2D eigenvalue weighted by Crippen LogP contribution is -2.13. The summed E-state index contributed by atoms with van der Waals surface area (Å²) in [6.07, 6.45) is 0. The first-order valence-electron chi connectivity index (χ1n) is 8.81. The Morgan fingerprint density at radius 3 is 1.86 bits per heavy atom. The summed E-state index contributed by atoms with van der Waals surface area (Å²) in [4.78, 5) is 23.5. The minimum atomic E-state index is -0.519. The van der Waals surface area contributed by atoms with Gasteiger partial charge >= 0.3 is 0 Å². The van der Waals surface area contributed by atoms with Gasteiger partial charge in [-0.1, -0.05) is 18.2 Å². The van der Waals surface area contributed by atoms with Crippen molar-refractivity contribution in [2.45, 2.75) is 0 Å². The lowest BCUT2D eigenvalue weighted by molar-refractivity contribution is 0.0998. The third-order valence-electron chi connectivity index (χ3n) is 4.27. The van der Waals surface area contributed by atoms with Crippen LogP contribution in [0.5, 0.6) is 0 Å². The van der Waals surface area contributed by atoms with Gasteiger partial charge in [-0.2, -0.15) is 0 Å². The van der Waals surface area contributed by atoms with E-state index in [0.717, 1.165) is 5.56 Å². The van der Waals surface area contributed by atoms with Gasteiger partial charge in [-0.3, -0.25) is 9.59 Å². The molecule has 0 radical (unpaired) electrons. The van der Waals surface area contributed by atoms with E-state index in [2.05, 4.69) is 15.5 Å². The molecule has 0 spiro atoms. The number of nitrogens with zero attached hydrogens (tertiary/aromatic N) is 2. The summed E-state index contributed by atoms with van der Waals surface area (Å²) in [7, 11) is 0. The van der Waals surface area contributed by atoms with Crippen molar-refractivity contribution in [1.29, 1.82) is 0 Å². The van der Waals surface area contributed by atoms with Crippen LogP contribution in [0.15, 0.2) is 83.3 Å². The number of primary amides is 1. The molecule has 7 heteroatoms. The van der Waals surface area contributed by atoms with Crippen molar-refractivity contribution in [1.82, 2.24) is 10.2 Å². The van der Waals surface area contributed by atoms with Crippen molar-refractivity contribution in [3.05, 3.63) is 90.0 Å². The second kappa shape index (κ2) is 7.77. The lowest BCUT2D eigenvalue weighted by Gasteiger charge is -2.06. The molecule has 0 unspecified atom stereocenters. The smallest absolute Gasteiger partial charge is 0.255 e. The first-order chi connectivity index (χ1) is 14.1. The standard InChI is InChI=1S/C22H16N4O3/c23-19(27)14-10-12-18(13-11-14)24-20(28)15-6-8-17(9-7-15)22-26-25-21(29-22)16-4-2-1-3-5-16/h1-13H,(H2,23,27)(H,24,28). The van der Waals surface area contributed by atoms with Gasteiger partial charge in [0.1, 0.15) is 0 Å². The Morgan fingerprint density at radius 2 is 1.28 bits per heavy atom. The van der Waals surface area contributed by atoms with Gasteiger partial charge in [-0.15, -0.1) is 10.2 Å². The van der Waals surface area contributed by atoms with Crippen LogP contribution < -0.4 is 11.1 Å². The molecule has 0 aliphatic carbocycles. The van der Waals surface area contributed by atoms with Crippen molar-refractivity contribution in [2.75, 3.05) is 5.32 Å². The summed E-state index contributed by atoms with van der Waals surface area (Å²) in [5.41, 5.74) is 8.17. The molecule has 0 atom stereocenters. The molecule has 29 heavy (non-hydrogen) atoms. The summed E-state index contributed by atoms with van der Waals surface area (Å²) < 4.78 is 5.72. The highest BCUT2D eigenvalue weighted by atomic mass is 16.4. The van der Waals surface area contributed by atoms with Crippen LogP contribution in [-0.4, -0.2) is 22.0 Å². The quantitative estimate of drug-likeness (QED) is 0.544. The number of anilines is 1. The number of nitrogens with one attached hydrogen (secondary N) is 1. The highest BCUT2D eigenvalue weighted by molar-refractivity contribution is 6.04. The van der Waals surface area contributed by atoms with Crippen molar-refractivity contribution in [3.8, 4) is 22.9 Å². The van der Waals surface area contributed by atoms with Crippen LogP contribution in [0.2, 0.25) is 0 Å². The molecule has 2 amide bonds. The molecule has 0 aliphatic rings. The van der Waals surface area contributed by atoms with Crippen LogP contribution in [0.4, 0.5) is 5.69 Å². The largest absolute Gasteiger partial charge is 0.416 e. The van der Waals surface area contributed by atoms with Crippen molar-refractivity contribution in [2.24, 2.45) is 5.73 Å². The average molecular weight is 384 g/mol. The predicted molar refractivity (Wildman–Crippen MR) is 108 cm³/mol. The van der Waals surface area contributed by atoms with E-state index in [9.17, 15) is 9.59 Å². The fourth-order valence-corrected chi connectivity index (χ4v) is 2.72. The van der Waals surface area contributed by atoms with E-state index in [-0.39, 0.29) is 5.91 Å². The summed E-state index contributed by atoms with van der Waals surface area (Å²) >= 11 is 0. The third-order valence-corrected chi connectivity index (χ3v) is 4.27. The Balaban J connectivity index is 1.47. The molecular weight excluding hydrogens is 368 g/mol. The maximum Gasteiger partial charge on any atom is 0.255 e. The van der Waals surface area contributed by atoms with Crippen molar-refractivity contribution in [3.63, 3.8) is 0 Å². The fraction of sp³-hybridized carbons (Fsp3) is 0. The number of aromatic nitrogens is 2. The summed E-state index contributed by atoms with van der Waals surface area (Å²) in [6.45, 7) is 0. The molecule has 4 aromatic rings. The van der Waals surface area contributed by atoms with Crippen molar-refractivity contribution >= 4 is 17.5 Å². The zero-order chi connectivity index (χ0) is 20.2. The number of nitrogens with two attached hydrogens (primary N) is 1. The van der Waals surface area contributed by atoms with Crippen LogP contribution in [0.3, 0.4) is 0 Å². The highest BCUT2D eigenvalue weighted by Crippen LogP contribution is 2.24. The lowest BCUT2D eigenvalue weighted by atomic mass is 10.1. The second-order valence-corrected chi connectivity index (χ2v) is 6.25. The number of benzene rings is 3. The average Bonchev–Trinajstić information content (AvgIpc) is 3.25. The van der Waals surface area contributed by atoms with E-state index in [0.29, 0.717) is 34.2 Å². The molecule has 1 heterocycles. The minimum absolute atomic E-state index is 0.279. The molecule has 3 N–H and O–H groups in total. The van der Waals surface area contributed by atoms with Gasteiger partial charge < -0.3 is 15.5 Å². The van der Waals surface area contributed by atoms with E-state index >= 15 is 0 Å². The predicted octanol–water partition coefficient (Wildman–Crippen LogP) is 3.75. The highest BCUT2D eigenvalue weighted by Gasteiger charge is 2.12. The molecular formula is C22H16N4O3. The van der Waals surface area contributed by atoms with E-state index in [4.69, 9.17) is 10.2 Å². The first-order valence-corrected chi connectivity index (χ1v) is 8.81. The molecule has 7 nitrogen and oxygen atoms in total. The van der Waals surface area contributed by atoms with E-state index in [1.54, 1.807) is 48.5 Å². The zero-order valence-electron chi connectivity index (χ0n) is 15.2. The molecule has 4 rings (SSSR count). The summed E-state index contributed by atoms with van der Waals surface area (Å²) in [5.74, 6) is 0.00784. The molecule has 0 bridgehead atoms. The van der Waals surface area contributed by atoms with Gasteiger partial charge in [0.05, 0.1) is 0 Å². The van der Waals surface area contributed by atoms with Crippen LogP contribution >= 0.6 is 0 Å².